The van der Waals surface area contributed by atoms with Crippen LogP contribution in [0.15, 0.2) is 23.1 Å². The molecule has 100 valence electrons. The lowest BCUT2D eigenvalue weighted by molar-refractivity contribution is 0.0376. The van der Waals surface area contributed by atoms with Crippen LogP contribution >= 0.6 is 11.8 Å². The van der Waals surface area contributed by atoms with Crippen molar-refractivity contribution >= 4 is 17.7 Å². The maximum atomic E-state index is 11.0. The molecule has 0 aliphatic heterocycles. The van der Waals surface area contributed by atoms with Gasteiger partial charge in [-0.25, -0.2) is 4.79 Å². The molecule has 0 aromatic heterocycles. The first-order valence-electron chi connectivity index (χ1n) is 5.93. The maximum absolute atomic E-state index is 11.0. The molecule has 1 atom stereocenters. The van der Waals surface area contributed by atoms with Crippen molar-refractivity contribution in [2.24, 2.45) is 5.92 Å². The van der Waals surface area contributed by atoms with Crippen LogP contribution in [0.3, 0.4) is 0 Å². The first-order chi connectivity index (χ1) is 8.24. The smallest absolute Gasteiger partial charge is 0.335 e. The van der Waals surface area contributed by atoms with E-state index in [4.69, 9.17) is 5.11 Å². The Morgan fingerprint density at radius 2 is 2.06 bits per heavy atom. The van der Waals surface area contributed by atoms with Crippen LogP contribution in [-0.2, 0) is 0 Å². The van der Waals surface area contributed by atoms with Gasteiger partial charge in [0.15, 0.2) is 0 Å². The zero-order valence-electron chi connectivity index (χ0n) is 11.2. The Morgan fingerprint density at radius 1 is 1.44 bits per heavy atom. The first-order valence-corrected chi connectivity index (χ1v) is 6.91. The van der Waals surface area contributed by atoms with Crippen LogP contribution in [0.1, 0.15) is 36.7 Å². The van der Waals surface area contributed by atoms with Crippen LogP contribution in [0.4, 0.5) is 0 Å². The van der Waals surface area contributed by atoms with E-state index in [9.17, 15) is 9.90 Å². The molecule has 0 fully saturated rings. The van der Waals surface area contributed by atoms with Crippen LogP contribution in [0.25, 0.3) is 0 Å². The molecule has 0 aliphatic carbocycles. The topological polar surface area (TPSA) is 57.5 Å². The largest absolute Gasteiger partial charge is 0.478 e. The molecule has 1 rings (SSSR count). The predicted octanol–water partition coefficient (Wildman–Crippen LogP) is 3.19. The van der Waals surface area contributed by atoms with Crippen molar-refractivity contribution in [2.45, 2.75) is 38.2 Å². The fraction of sp³-hybridized carbons (Fsp3) is 0.500. The van der Waals surface area contributed by atoms with Gasteiger partial charge < -0.3 is 10.2 Å². The molecular formula is C14H20O3S. The van der Waals surface area contributed by atoms with E-state index in [1.54, 1.807) is 26.0 Å². The molecule has 18 heavy (non-hydrogen) atoms. The molecule has 3 nitrogen and oxygen atoms in total. The molecule has 0 saturated carbocycles. The Kier molecular flexibility index (Phi) is 4.82. The van der Waals surface area contributed by atoms with Gasteiger partial charge in [0.05, 0.1) is 11.2 Å². The minimum atomic E-state index is -0.912. The number of aromatic carboxylic acids is 1. The van der Waals surface area contributed by atoms with Crippen molar-refractivity contribution in [3.05, 3.63) is 29.3 Å². The second kappa shape index (κ2) is 5.76. The Hall–Kier alpha value is -1.00. The van der Waals surface area contributed by atoms with Crippen molar-refractivity contribution in [1.82, 2.24) is 0 Å². The fourth-order valence-corrected chi connectivity index (χ4v) is 2.48. The van der Waals surface area contributed by atoms with Crippen molar-refractivity contribution in [1.29, 1.82) is 0 Å². The van der Waals surface area contributed by atoms with E-state index in [0.717, 1.165) is 10.5 Å². The second-order valence-electron chi connectivity index (χ2n) is 5.08. The van der Waals surface area contributed by atoms with Gasteiger partial charge in [0, 0.05) is 10.6 Å². The van der Waals surface area contributed by atoms with Gasteiger partial charge in [0.25, 0.3) is 0 Å². The van der Waals surface area contributed by atoms with Gasteiger partial charge in [-0.05, 0) is 37.5 Å². The monoisotopic (exact) mass is 268 g/mol. The highest BCUT2D eigenvalue weighted by Gasteiger charge is 2.25. The van der Waals surface area contributed by atoms with Gasteiger partial charge >= 0.3 is 5.97 Å². The summed E-state index contributed by atoms with van der Waals surface area (Å²) in [5.74, 6) is -0.202. The van der Waals surface area contributed by atoms with E-state index < -0.39 is 11.6 Å². The van der Waals surface area contributed by atoms with E-state index >= 15 is 0 Å². The lowest BCUT2D eigenvalue weighted by Crippen LogP contribution is -2.33. The molecule has 1 aromatic rings. The molecule has 1 unspecified atom stereocenters. The second-order valence-corrected chi connectivity index (χ2v) is 6.13. The molecule has 0 radical (unpaired) electrons. The van der Waals surface area contributed by atoms with E-state index in [-0.39, 0.29) is 5.92 Å². The molecule has 0 bridgehead atoms. The summed E-state index contributed by atoms with van der Waals surface area (Å²) in [7, 11) is 0. The zero-order chi connectivity index (χ0) is 13.9. The lowest BCUT2D eigenvalue weighted by atomic mass is 9.95. The average molecular weight is 268 g/mol. The zero-order valence-corrected chi connectivity index (χ0v) is 12.0. The minimum absolute atomic E-state index is 0.161. The molecule has 0 spiro atoms. The van der Waals surface area contributed by atoms with Gasteiger partial charge in [0.1, 0.15) is 0 Å². The first kappa shape index (κ1) is 15.1. The molecule has 2 N–H and O–H groups in total. The Morgan fingerprint density at radius 3 is 2.56 bits per heavy atom. The summed E-state index contributed by atoms with van der Waals surface area (Å²) >= 11 is 1.48. The van der Waals surface area contributed by atoms with E-state index in [2.05, 4.69) is 0 Å². The number of aryl methyl sites for hydroxylation is 1. The van der Waals surface area contributed by atoms with E-state index in [1.165, 1.54) is 11.8 Å². The van der Waals surface area contributed by atoms with Crippen LogP contribution in [-0.4, -0.2) is 27.5 Å². The van der Waals surface area contributed by atoms with Gasteiger partial charge in [-0.2, -0.15) is 0 Å². The molecule has 0 heterocycles. The number of thioether (sulfide) groups is 1. The van der Waals surface area contributed by atoms with Gasteiger partial charge in [-0.1, -0.05) is 19.9 Å². The number of carbonyl (C=O) groups is 1. The third-order valence-corrected chi connectivity index (χ3v) is 4.53. The summed E-state index contributed by atoms with van der Waals surface area (Å²) in [5, 5.41) is 19.2. The third kappa shape index (κ3) is 3.75. The normalized spacial score (nSPS) is 14.6. The van der Waals surface area contributed by atoms with Gasteiger partial charge in [-0.3, -0.25) is 0 Å². The molecular weight excluding hydrogens is 248 g/mol. The van der Waals surface area contributed by atoms with E-state index in [1.807, 2.05) is 19.9 Å². The summed E-state index contributed by atoms with van der Waals surface area (Å²) in [4.78, 5) is 11.9. The Balaban J connectivity index is 2.81. The summed E-state index contributed by atoms with van der Waals surface area (Å²) in [6.45, 7) is 7.52. The van der Waals surface area contributed by atoms with Crippen LogP contribution < -0.4 is 0 Å². The molecule has 1 aromatic carbocycles. The molecule has 4 heteroatoms. The number of carboxylic acids is 1. The van der Waals surface area contributed by atoms with Crippen LogP contribution in [0.2, 0.25) is 0 Å². The average Bonchev–Trinajstić information content (AvgIpc) is 2.27. The highest BCUT2D eigenvalue weighted by molar-refractivity contribution is 7.99. The fourth-order valence-electron chi connectivity index (χ4n) is 1.32. The van der Waals surface area contributed by atoms with Gasteiger partial charge in [0.2, 0.25) is 0 Å². The predicted molar refractivity (Wildman–Crippen MR) is 74.3 cm³/mol. The van der Waals surface area contributed by atoms with Crippen LogP contribution in [0.5, 0.6) is 0 Å². The number of rotatable bonds is 5. The minimum Gasteiger partial charge on any atom is -0.478 e. The Labute approximate surface area is 112 Å². The third-order valence-electron chi connectivity index (χ3n) is 3.21. The van der Waals surface area contributed by atoms with Crippen molar-refractivity contribution < 1.29 is 15.0 Å². The van der Waals surface area contributed by atoms with Crippen LogP contribution in [0, 0.1) is 12.8 Å². The Bertz CT molecular complexity index is 439. The van der Waals surface area contributed by atoms with Crippen molar-refractivity contribution in [2.75, 3.05) is 5.75 Å². The standard InChI is InChI=1S/C14H20O3S/c1-9(2)14(4,17)8-18-11-6-5-10(3)12(7-11)13(15)16/h5-7,9,17H,8H2,1-4H3,(H,15,16). The highest BCUT2D eigenvalue weighted by atomic mass is 32.2. The SMILES string of the molecule is Cc1ccc(SCC(C)(O)C(C)C)cc1C(=O)O. The van der Waals surface area contributed by atoms with E-state index in [0.29, 0.717) is 11.3 Å². The molecule has 0 amide bonds. The number of benzene rings is 1. The maximum Gasteiger partial charge on any atom is 0.335 e. The lowest BCUT2D eigenvalue weighted by Gasteiger charge is -2.27. The summed E-state index contributed by atoms with van der Waals surface area (Å²) in [5.41, 5.74) is 0.325. The number of carboxylic acid groups (broad SMARTS) is 1. The number of aliphatic hydroxyl groups is 1. The number of hydrogen-bond acceptors (Lipinski definition) is 3. The molecule has 0 saturated heterocycles. The summed E-state index contributed by atoms with van der Waals surface area (Å²) in [6.07, 6.45) is 0. The summed E-state index contributed by atoms with van der Waals surface area (Å²) < 4.78 is 0. The quantitative estimate of drug-likeness (QED) is 0.805. The van der Waals surface area contributed by atoms with Crippen molar-refractivity contribution in [3.63, 3.8) is 0 Å². The van der Waals surface area contributed by atoms with Crippen molar-refractivity contribution in [3.8, 4) is 0 Å². The number of hydrogen-bond donors (Lipinski definition) is 2. The highest BCUT2D eigenvalue weighted by Crippen LogP contribution is 2.28. The summed E-state index contributed by atoms with van der Waals surface area (Å²) in [6, 6.07) is 5.36. The van der Waals surface area contributed by atoms with Gasteiger partial charge in [-0.15, -0.1) is 11.8 Å². The molecule has 0 aliphatic rings.